The summed E-state index contributed by atoms with van der Waals surface area (Å²) < 4.78 is 221. The van der Waals surface area contributed by atoms with Crippen molar-refractivity contribution in [3.8, 4) is 0 Å². The fourth-order valence-electron chi connectivity index (χ4n) is 1.14. The number of rotatable bonds is 5. The number of alkyl halides is 18. The molecular formula is C8HF18Na. The van der Waals surface area contributed by atoms with E-state index in [0.29, 0.717) is 0 Å². The third-order valence-electron chi connectivity index (χ3n) is 2.68. The molecule has 0 aromatic carbocycles. The molecule has 0 aromatic rings. The predicted octanol–water partition coefficient (Wildman–Crippen LogP) is 5.27. The van der Waals surface area contributed by atoms with Crippen molar-refractivity contribution in [2.75, 3.05) is 0 Å². The van der Waals surface area contributed by atoms with E-state index in [1.807, 2.05) is 0 Å². The number of hydrogen-bond acceptors (Lipinski definition) is 0. The van der Waals surface area contributed by atoms with Crippen LogP contribution in [0.1, 0.15) is 0 Å². The number of halogens is 18. The summed E-state index contributed by atoms with van der Waals surface area (Å²) in [6, 6.07) is 0. The van der Waals surface area contributed by atoms with Gasteiger partial charge in [0.05, 0.1) is 0 Å². The second-order valence-electron chi connectivity index (χ2n) is 4.44. The Morgan fingerprint density at radius 2 is 0.333 bits per heavy atom. The summed E-state index contributed by atoms with van der Waals surface area (Å²) in [6.45, 7) is 0. The summed E-state index contributed by atoms with van der Waals surface area (Å²) in [5.74, 6) is -51.0. The standard InChI is InChI=1S/C8F18.Na.H/c9-1(10,3(13,14)5(17,18)7(21,22)23)2(11,12)4(15,16)6(19,20)8(24,25)26;;. The van der Waals surface area contributed by atoms with Crippen LogP contribution in [-0.4, -0.2) is 77.4 Å². The molecule has 0 atom stereocenters. The van der Waals surface area contributed by atoms with Crippen LogP contribution in [0.25, 0.3) is 0 Å². The van der Waals surface area contributed by atoms with Gasteiger partial charge in [0.15, 0.2) is 0 Å². The molecule has 0 radical (unpaired) electrons. The van der Waals surface area contributed by atoms with Gasteiger partial charge in [-0.25, -0.2) is 0 Å². The van der Waals surface area contributed by atoms with Crippen LogP contribution in [0.4, 0.5) is 79.0 Å². The van der Waals surface area contributed by atoms with Crippen molar-refractivity contribution in [1.29, 1.82) is 0 Å². The van der Waals surface area contributed by atoms with Crippen molar-refractivity contribution in [3.63, 3.8) is 0 Å². The van der Waals surface area contributed by atoms with E-state index in [2.05, 4.69) is 0 Å². The summed E-state index contributed by atoms with van der Waals surface area (Å²) in [5.41, 5.74) is 0. The van der Waals surface area contributed by atoms with Crippen molar-refractivity contribution in [2.45, 2.75) is 47.9 Å². The summed E-state index contributed by atoms with van der Waals surface area (Å²) in [4.78, 5) is 0. The van der Waals surface area contributed by atoms with Gasteiger partial charge in [0.1, 0.15) is 0 Å². The van der Waals surface area contributed by atoms with E-state index in [1.54, 1.807) is 0 Å². The maximum atomic E-state index is 12.8. The third-order valence-corrected chi connectivity index (χ3v) is 2.68. The van der Waals surface area contributed by atoms with E-state index in [1.165, 1.54) is 0 Å². The first kappa shape index (κ1) is 28.9. The monoisotopic (exact) mass is 462 g/mol. The molecule has 0 nitrogen and oxygen atoms in total. The van der Waals surface area contributed by atoms with Crippen molar-refractivity contribution < 1.29 is 79.0 Å². The van der Waals surface area contributed by atoms with E-state index in [-0.39, 0.29) is 29.6 Å². The predicted molar refractivity (Wildman–Crippen MR) is 48.9 cm³/mol. The van der Waals surface area contributed by atoms with Crippen LogP contribution in [-0.2, 0) is 0 Å². The zero-order valence-electron chi connectivity index (χ0n) is 10.8. The van der Waals surface area contributed by atoms with Crippen molar-refractivity contribution in [2.24, 2.45) is 0 Å². The van der Waals surface area contributed by atoms with Gasteiger partial charge >= 0.3 is 77.4 Å². The molecule has 0 amide bonds. The Balaban J connectivity index is 0. The van der Waals surface area contributed by atoms with E-state index in [9.17, 15) is 79.0 Å². The zero-order valence-corrected chi connectivity index (χ0v) is 10.8. The van der Waals surface area contributed by atoms with E-state index in [4.69, 9.17) is 0 Å². The molecule has 0 saturated heterocycles. The summed E-state index contributed by atoms with van der Waals surface area (Å²) in [7, 11) is 0. The Morgan fingerprint density at radius 3 is 0.444 bits per heavy atom. The molecule has 0 heterocycles. The van der Waals surface area contributed by atoms with Crippen molar-refractivity contribution >= 4 is 29.6 Å². The molecule has 0 rings (SSSR count). The normalized spacial score (nSPS) is 16.2. The minimum absolute atomic E-state index is 0. The molecule has 0 aliphatic heterocycles. The molecule has 0 fully saturated rings. The molecule has 0 bridgehead atoms. The molecule has 0 aliphatic rings. The molecular weight excluding hydrogens is 461 g/mol. The second kappa shape index (κ2) is 6.91. The van der Waals surface area contributed by atoms with Gasteiger partial charge in [-0.2, -0.15) is 79.0 Å². The molecule has 0 spiro atoms. The summed E-state index contributed by atoms with van der Waals surface area (Å²) >= 11 is 0. The molecule has 27 heavy (non-hydrogen) atoms. The van der Waals surface area contributed by atoms with Crippen LogP contribution in [0.5, 0.6) is 0 Å². The summed E-state index contributed by atoms with van der Waals surface area (Å²) in [5, 5.41) is 0. The molecule has 0 aromatic heterocycles. The minimum atomic E-state index is -8.72. The molecule has 0 aliphatic carbocycles. The van der Waals surface area contributed by atoms with Crippen LogP contribution in [0.3, 0.4) is 0 Å². The topological polar surface area (TPSA) is 0 Å². The van der Waals surface area contributed by atoms with Crippen LogP contribution in [0.2, 0.25) is 0 Å². The first-order valence-electron chi connectivity index (χ1n) is 5.15. The van der Waals surface area contributed by atoms with E-state index in [0.717, 1.165) is 0 Å². The Bertz CT molecular complexity index is 474. The Morgan fingerprint density at radius 1 is 0.222 bits per heavy atom. The van der Waals surface area contributed by atoms with Gasteiger partial charge in [0.2, 0.25) is 0 Å². The van der Waals surface area contributed by atoms with Gasteiger partial charge in [-0.1, -0.05) is 0 Å². The Kier molecular flexibility index (Phi) is 7.41. The third kappa shape index (κ3) is 3.69. The average molecular weight is 462 g/mol. The first-order chi connectivity index (χ1) is 10.8. The average Bonchev–Trinajstić information content (AvgIpc) is 2.34. The Labute approximate surface area is 157 Å². The Hall–Kier alpha value is -0.260. The van der Waals surface area contributed by atoms with Crippen molar-refractivity contribution in [1.82, 2.24) is 0 Å². The van der Waals surface area contributed by atoms with Gasteiger partial charge in [-0.15, -0.1) is 0 Å². The van der Waals surface area contributed by atoms with Gasteiger partial charge in [0.25, 0.3) is 0 Å². The van der Waals surface area contributed by atoms with Crippen LogP contribution in [0.15, 0.2) is 0 Å². The first-order valence-corrected chi connectivity index (χ1v) is 5.15. The van der Waals surface area contributed by atoms with Crippen LogP contribution >= 0.6 is 0 Å². The van der Waals surface area contributed by atoms with Crippen LogP contribution in [0, 0.1) is 0 Å². The molecule has 0 saturated carbocycles. The van der Waals surface area contributed by atoms with Gasteiger partial charge in [-0.3, -0.25) is 0 Å². The molecule has 0 N–H and O–H groups in total. The van der Waals surface area contributed by atoms with E-state index < -0.39 is 47.9 Å². The van der Waals surface area contributed by atoms with Crippen molar-refractivity contribution in [3.05, 3.63) is 0 Å². The van der Waals surface area contributed by atoms with E-state index >= 15 is 0 Å². The molecule has 19 heteroatoms. The fourth-order valence-corrected chi connectivity index (χ4v) is 1.14. The summed E-state index contributed by atoms with van der Waals surface area (Å²) in [6.07, 6.45) is -15.6. The molecule has 160 valence electrons. The quantitative estimate of drug-likeness (QED) is 0.386. The maximum absolute atomic E-state index is 12.8. The van der Waals surface area contributed by atoms with Crippen LogP contribution < -0.4 is 0 Å². The molecule has 0 unspecified atom stereocenters. The number of hydrogen-bond donors (Lipinski definition) is 0. The SMILES string of the molecule is FC(F)(F)C(F)(F)C(F)(F)C(F)(F)C(F)(F)C(F)(F)C(F)(F)C(F)(F)F.[NaH]. The zero-order chi connectivity index (χ0) is 22.0. The fraction of sp³-hybridized carbons (Fsp3) is 1.00. The van der Waals surface area contributed by atoms with Gasteiger partial charge in [-0.05, 0) is 0 Å². The second-order valence-corrected chi connectivity index (χ2v) is 4.44. The van der Waals surface area contributed by atoms with Gasteiger partial charge in [0, 0.05) is 0 Å². The van der Waals surface area contributed by atoms with Gasteiger partial charge < -0.3 is 0 Å².